The number of hydrogen-bond acceptors (Lipinski definition) is 5. The number of hydrogen-bond donors (Lipinski definition) is 0. The third-order valence-corrected chi connectivity index (χ3v) is 5.23. The number of aromatic nitrogens is 3. The van der Waals surface area contributed by atoms with E-state index in [4.69, 9.17) is 4.74 Å². The van der Waals surface area contributed by atoms with Crippen molar-refractivity contribution < 1.29 is 9.53 Å². The van der Waals surface area contributed by atoms with Crippen molar-refractivity contribution in [2.45, 2.75) is 39.2 Å². The summed E-state index contributed by atoms with van der Waals surface area (Å²) in [5.41, 5.74) is 2.03. The average Bonchev–Trinajstić information content (AvgIpc) is 3.54. The number of esters is 1. The van der Waals surface area contributed by atoms with Crippen molar-refractivity contribution in [2.24, 2.45) is 7.05 Å². The Balaban J connectivity index is 1.98. The van der Waals surface area contributed by atoms with Crippen LogP contribution in [0.5, 0.6) is 0 Å². The highest BCUT2D eigenvalue weighted by molar-refractivity contribution is 6.02. The van der Waals surface area contributed by atoms with Gasteiger partial charge in [-0.3, -0.25) is 13.9 Å². The molecule has 0 spiro atoms. The van der Waals surface area contributed by atoms with Crippen LogP contribution in [-0.4, -0.2) is 26.7 Å². The quantitative estimate of drug-likeness (QED) is 0.622. The Labute approximate surface area is 167 Å². The summed E-state index contributed by atoms with van der Waals surface area (Å²) < 4.78 is 7.69. The molecule has 2 aromatic heterocycles. The van der Waals surface area contributed by atoms with Gasteiger partial charge in [0.05, 0.1) is 24.1 Å². The molecule has 1 fully saturated rings. The Morgan fingerprint density at radius 1 is 1.24 bits per heavy atom. The molecule has 0 bridgehead atoms. The van der Waals surface area contributed by atoms with E-state index in [9.17, 15) is 14.4 Å². The number of aryl methyl sites for hydroxylation is 2. The first-order valence-electron chi connectivity index (χ1n) is 9.77. The third-order valence-electron chi connectivity index (χ3n) is 5.23. The Hall–Kier alpha value is -3.22. The van der Waals surface area contributed by atoms with Gasteiger partial charge in [-0.05, 0) is 38.3 Å². The highest BCUT2D eigenvalue weighted by atomic mass is 16.5. The molecular formula is C22H23N3O4. The minimum atomic E-state index is -0.570. The maximum absolute atomic E-state index is 13.3. The zero-order valence-corrected chi connectivity index (χ0v) is 16.8. The summed E-state index contributed by atoms with van der Waals surface area (Å²) in [6.07, 6.45) is 1.97. The molecule has 0 N–H and O–H groups in total. The minimum absolute atomic E-state index is 0.121. The fraction of sp³-hybridized carbons (Fsp3) is 0.364. The predicted octanol–water partition coefficient (Wildman–Crippen LogP) is 2.51. The Morgan fingerprint density at radius 3 is 2.66 bits per heavy atom. The second kappa shape index (κ2) is 7.31. The topological polar surface area (TPSA) is 83.2 Å². The summed E-state index contributed by atoms with van der Waals surface area (Å²) in [5, 5.41) is 0.127. The number of carbonyl (C=O) groups is 1. The van der Waals surface area contributed by atoms with Gasteiger partial charge in [0.25, 0.3) is 5.56 Å². The van der Waals surface area contributed by atoms with Crippen molar-refractivity contribution >= 4 is 17.0 Å². The molecule has 0 atom stereocenters. The van der Waals surface area contributed by atoms with Crippen LogP contribution in [0.2, 0.25) is 0 Å². The van der Waals surface area contributed by atoms with Gasteiger partial charge < -0.3 is 4.74 Å². The molecule has 0 saturated heterocycles. The lowest BCUT2D eigenvalue weighted by atomic mass is 10.1. The van der Waals surface area contributed by atoms with Gasteiger partial charge in [-0.25, -0.2) is 14.6 Å². The summed E-state index contributed by atoms with van der Waals surface area (Å²) in [6, 6.07) is 9.28. The lowest BCUT2D eigenvalue weighted by molar-refractivity contribution is 0.0528. The molecular weight excluding hydrogens is 370 g/mol. The Morgan fingerprint density at radius 2 is 2.00 bits per heavy atom. The van der Waals surface area contributed by atoms with Crippen LogP contribution in [0, 0.1) is 6.92 Å². The fourth-order valence-electron chi connectivity index (χ4n) is 3.59. The SMILES string of the molecule is CCOC(=O)c1cc(C2CC2)nc2c1c(=O)n(Cc1cccc(C)c1)c(=O)n2C. The van der Waals surface area contributed by atoms with Crippen molar-refractivity contribution in [2.75, 3.05) is 6.61 Å². The van der Waals surface area contributed by atoms with E-state index in [0.29, 0.717) is 0 Å². The molecule has 29 heavy (non-hydrogen) atoms. The van der Waals surface area contributed by atoms with Gasteiger partial charge in [-0.15, -0.1) is 0 Å². The highest BCUT2D eigenvalue weighted by Crippen LogP contribution is 2.39. The number of carbonyl (C=O) groups excluding carboxylic acids is 1. The van der Waals surface area contributed by atoms with Crippen molar-refractivity contribution in [1.82, 2.24) is 14.1 Å². The van der Waals surface area contributed by atoms with E-state index in [2.05, 4.69) is 4.98 Å². The summed E-state index contributed by atoms with van der Waals surface area (Å²) in [6.45, 7) is 3.99. The average molecular weight is 393 g/mol. The van der Waals surface area contributed by atoms with Gasteiger partial charge in [0.15, 0.2) is 0 Å². The van der Waals surface area contributed by atoms with E-state index in [1.54, 1.807) is 20.0 Å². The van der Waals surface area contributed by atoms with Crippen LogP contribution >= 0.6 is 0 Å². The standard InChI is InChI=1S/C22H23N3O4/c1-4-29-21(27)16-11-17(15-8-9-15)23-19-18(16)20(26)25(22(28)24(19)3)12-14-7-5-6-13(2)10-14/h5-7,10-11,15H,4,8-9,12H2,1-3H3. The van der Waals surface area contributed by atoms with Gasteiger partial charge in [0.1, 0.15) is 5.65 Å². The van der Waals surface area contributed by atoms with Crippen molar-refractivity contribution in [1.29, 1.82) is 0 Å². The zero-order valence-electron chi connectivity index (χ0n) is 16.8. The molecule has 7 heteroatoms. The zero-order chi connectivity index (χ0) is 20.7. The molecule has 0 amide bonds. The summed E-state index contributed by atoms with van der Waals surface area (Å²) in [5.74, 6) is -0.308. The first-order chi connectivity index (χ1) is 13.9. The highest BCUT2D eigenvalue weighted by Gasteiger charge is 2.29. The fourth-order valence-corrected chi connectivity index (χ4v) is 3.59. The second-order valence-corrected chi connectivity index (χ2v) is 7.51. The molecule has 2 heterocycles. The van der Waals surface area contributed by atoms with Gasteiger partial charge in [0.2, 0.25) is 0 Å². The van der Waals surface area contributed by atoms with Gasteiger partial charge in [-0.1, -0.05) is 29.8 Å². The largest absolute Gasteiger partial charge is 0.462 e. The number of pyridine rings is 1. The smallest absolute Gasteiger partial charge is 0.339 e. The molecule has 0 unspecified atom stereocenters. The van der Waals surface area contributed by atoms with Crippen LogP contribution < -0.4 is 11.2 Å². The molecule has 1 aliphatic carbocycles. The van der Waals surface area contributed by atoms with E-state index in [0.717, 1.165) is 34.2 Å². The van der Waals surface area contributed by atoms with Crippen LogP contribution in [-0.2, 0) is 18.3 Å². The van der Waals surface area contributed by atoms with E-state index in [1.807, 2.05) is 31.2 Å². The summed E-state index contributed by atoms with van der Waals surface area (Å²) >= 11 is 0. The van der Waals surface area contributed by atoms with Crippen LogP contribution in [0.25, 0.3) is 11.0 Å². The molecule has 0 aliphatic heterocycles. The van der Waals surface area contributed by atoms with Crippen LogP contribution in [0.1, 0.15) is 52.9 Å². The van der Waals surface area contributed by atoms with Gasteiger partial charge in [0, 0.05) is 18.7 Å². The second-order valence-electron chi connectivity index (χ2n) is 7.51. The maximum Gasteiger partial charge on any atom is 0.339 e. The molecule has 3 aromatic rings. The molecule has 1 aromatic carbocycles. The van der Waals surface area contributed by atoms with E-state index >= 15 is 0 Å². The van der Waals surface area contributed by atoms with Crippen molar-refractivity contribution in [3.8, 4) is 0 Å². The number of benzene rings is 1. The molecule has 1 saturated carbocycles. The number of ether oxygens (including phenoxy) is 1. The van der Waals surface area contributed by atoms with Crippen LogP contribution in [0.3, 0.4) is 0 Å². The first-order valence-corrected chi connectivity index (χ1v) is 9.77. The first kappa shape index (κ1) is 19.1. The maximum atomic E-state index is 13.3. The summed E-state index contributed by atoms with van der Waals surface area (Å²) in [7, 11) is 1.58. The van der Waals surface area contributed by atoms with E-state index in [1.165, 1.54) is 4.57 Å². The third kappa shape index (κ3) is 3.48. The van der Waals surface area contributed by atoms with Crippen molar-refractivity contribution in [3.63, 3.8) is 0 Å². The number of nitrogens with zero attached hydrogens (tertiary/aromatic N) is 3. The Bertz CT molecular complexity index is 1240. The Kier molecular flexibility index (Phi) is 4.82. The minimum Gasteiger partial charge on any atom is -0.462 e. The summed E-state index contributed by atoms with van der Waals surface area (Å²) in [4.78, 5) is 43.5. The van der Waals surface area contributed by atoms with Gasteiger partial charge in [-0.2, -0.15) is 0 Å². The van der Waals surface area contributed by atoms with Gasteiger partial charge >= 0.3 is 11.7 Å². The van der Waals surface area contributed by atoms with Crippen molar-refractivity contribution in [3.05, 3.63) is 73.6 Å². The van der Waals surface area contributed by atoms with E-state index in [-0.39, 0.29) is 35.7 Å². The lowest BCUT2D eigenvalue weighted by Crippen LogP contribution is -2.40. The van der Waals surface area contributed by atoms with Crippen LogP contribution in [0.15, 0.2) is 39.9 Å². The molecule has 0 radical (unpaired) electrons. The monoisotopic (exact) mass is 393 g/mol. The normalized spacial score (nSPS) is 13.6. The lowest BCUT2D eigenvalue weighted by Gasteiger charge is -2.14. The molecule has 1 aliphatic rings. The van der Waals surface area contributed by atoms with E-state index < -0.39 is 17.2 Å². The molecule has 150 valence electrons. The number of rotatable bonds is 5. The molecule has 7 nitrogen and oxygen atoms in total. The number of fused-ring (bicyclic) bond motifs is 1. The molecule has 4 rings (SSSR count). The van der Waals surface area contributed by atoms with Crippen LogP contribution in [0.4, 0.5) is 0 Å². The predicted molar refractivity (Wildman–Crippen MR) is 109 cm³/mol.